The highest BCUT2D eigenvalue weighted by molar-refractivity contribution is 6.30. The van der Waals surface area contributed by atoms with Gasteiger partial charge in [-0.2, -0.15) is 0 Å². The van der Waals surface area contributed by atoms with Crippen LogP contribution in [0.2, 0.25) is 5.02 Å². The molecule has 17 heavy (non-hydrogen) atoms. The summed E-state index contributed by atoms with van der Waals surface area (Å²) in [5.41, 5.74) is 0.850. The third-order valence-electron chi connectivity index (χ3n) is 4.07. The summed E-state index contributed by atoms with van der Waals surface area (Å²) in [6.07, 6.45) is 5.07. The summed E-state index contributed by atoms with van der Waals surface area (Å²) in [4.78, 5) is 12.1. The lowest BCUT2D eigenvalue weighted by Crippen LogP contribution is -2.15. The number of benzene rings is 1. The van der Waals surface area contributed by atoms with Crippen molar-refractivity contribution in [2.75, 3.05) is 5.32 Å². The Balaban J connectivity index is 1.62. The highest BCUT2D eigenvalue weighted by Crippen LogP contribution is 2.55. The topological polar surface area (TPSA) is 29.1 Å². The van der Waals surface area contributed by atoms with E-state index in [-0.39, 0.29) is 11.8 Å². The van der Waals surface area contributed by atoms with E-state index in [2.05, 4.69) is 5.32 Å². The first-order valence-corrected chi connectivity index (χ1v) is 6.70. The Morgan fingerprint density at radius 1 is 1.12 bits per heavy atom. The molecule has 90 valence electrons. The fraction of sp³-hybridized carbons (Fsp3) is 0.500. The fourth-order valence-electron chi connectivity index (χ4n) is 3.14. The van der Waals surface area contributed by atoms with Crippen molar-refractivity contribution in [2.24, 2.45) is 17.8 Å². The first-order chi connectivity index (χ1) is 8.25. The number of hydrogen-bond acceptors (Lipinski definition) is 1. The number of carbonyl (C=O) groups is 1. The Kier molecular flexibility index (Phi) is 2.83. The Labute approximate surface area is 106 Å². The molecule has 0 radical (unpaired) electrons. The maximum Gasteiger partial charge on any atom is 0.228 e. The Hall–Kier alpha value is -1.02. The minimum atomic E-state index is 0.198. The molecule has 0 spiro atoms. The summed E-state index contributed by atoms with van der Waals surface area (Å²) in [5, 5.41) is 3.69. The largest absolute Gasteiger partial charge is 0.326 e. The smallest absolute Gasteiger partial charge is 0.228 e. The molecule has 0 bridgehead atoms. The van der Waals surface area contributed by atoms with Gasteiger partial charge in [0.25, 0.3) is 0 Å². The van der Waals surface area contributed by atoms with Crippen molar-refractivity contribution in [3.05, 3.63) is 29.3 Å². The predicted molar refractivity (Wildman–Crippen MR) is 69.0 cm³/mol. The second-order valence-electron chi connectivity index (χ2n) is 5.13. The third-order valence-corrected chi connectivity index (χ3v) is 4.32. The molecule has 2 aliphatic rings. The normalized spacial score (nSPS) is 30.5. The van der Waals surface area contributed by atoms with Crippen molar-refractivity contribution >= 4 is 23.2 Å². The van der Waals surface area contributed by atoms with Gasteiger partial charge in [0.1, 0.15) is 0 Å². The van der Waals surface area contributed by atoms with Gasteiger partial charge in [-0.3, -0.25) is 4.79 Å². The lowest BCUT2D eigenvalue weighted by molar-refractivity contribution is -0.117. The zero-order valence-corrected chi connectivity index (χ0v) is 10.4. The standard InChI is InChI=1S/C14H16ClNO/c15-9-5-7-10(8-6-9)16-14(17)13-11-3-1-2-4-12(11)13/h5-8,11-13H,1-4H2,(H,16,17)/t11-,12+,13?. The van der Waals surface area contributed by atoms with Gasteiger partial charge in [0.15, 0.2) is 0 Å². The average molecular weight is 250 g/mol. The molecule has 0 saturated heterocycles. The average Bonchev–Trinajstić information content (AvgIpc) is 3.06. The van der Waals surface area contributed by atoms with Crippen molar-refractivity contribution in [3.63, 3.8) is 0 Å². The number of anilines is 1. The van der Waals surface area contributed by atoms with Crippen LogP contribution in [0.15, 0.2) is 24.3 Å². The van der Waals surface area contributed by atoms with Crippen LogP contribution < -0.4 is 5.32 Å². The molecule has 2 nitrogen and oxygen atoms in total. The number of hydrogen-bond donors (Lipinski definition) is 1. The maximum atomic E-state index is 12.1. The number of carbonyl (C=O) groups excluding carboxylic acids is 1. The highest BCUT2D eigenvalue weighted by Gasteiger charge is 2.54. The van der Waals surface area contributed by atoms with Gasteiger partial charge in [-0.1, -0.05) is 24.4 Å². The summed E-state index contributed by atoms with van der Waals surface area (Å²) < 4.78 is 0. The van der Waals surface area contributed by atoms with Crippen molar-refractivity contribution < 1.29 is 4.79 Å². The van der Waals surface area contributed by atoms with Crippen LogP contribution in [0.4, 0.5) is 5.69 Å². The van der Waals surface area contributed by atoms with Crippen LogP contribution in [0, 0.1) is 17.8 Å². The predicted octanol–water partition coefficient (Wildman–Crippen LogP) is 3.71. The zero-order valence-electron chi connectivity index (χ0n) is 9.66. The molecule has 0 heterocycles. The van der Waals surface area contributed by atoms with E-state index in [4.69, 9.17) is 11.6 Å². The molecule has 3 rings (SSSR count). The van der Waals surface area contributed by atoms with Gasteiger partial charge in [0.05, 0.1) is 0 Å². The van der Waals surface area contributed by atoms with E-state index in [0.717, 1.165) is 5.69 Å². The van der Waals surface area contributed by atoms with E-state index in [9.17, 15) is 4.79 Å². The van der Waals surface area contributed by atoms with E-state index in [0.29, 0.717) is 16.9 Å². The maximum absolute atomic E-state index is 12.1. The second kappa shape index (κ2) is 4.34. The number of fused-ring (bicyclic) bond motifs is 1. The Morgan fingerprint density at radius 2 is 1.71 bits per heavy atom. The third kappa shape index (κ3) is 2.19. The Bertz CT molecular complexity index is 416. The SMILES string of the molecule is O=C(Nc1ccc(Cl)cc1)C1[C@H]2CCCC[C@@H]12. The van der Waals surface area contributed by atoms with E-state index in [1.807, 2.05) is 12.1 Å². The summed E-state index contributed by atoms with van der Waals surface area (Å²) in [6, 6.07) is 7.31. The molecule has 1 N–H and O–H groups in total. The van der Waals surface area contributed by atoms with Crippen LogP contribution >= 0.6 is 11.6 Å². The first-order valence-electron chi connectivity index (χ1n) is 6.32. The molecule has 1 aromatic carbocycles. The highest BCUT2D eigenvalue weighted by atomic mass is 35.5. The van der Waals surface area contributed by atoms with E-state index < -0.39 is 0 Å². The zero-order chi connectivity index (χ0) is 11.8. The molecule has 1 amide bonds. The first kappa shape index (κ1) is 11.1. The molecular weight excluding hydrogens is 234 g/mol. The second-order valence-corrected chi connectivity index (χ2v) is 5.57. The quantitative estimate of drug-likeness (QED) is 0.851. The summed E-state index contributed by atoms with van der Waals surface area (Å²) in [7, 11) is 0. The van der Waals surface area contributed by atoms with Crippen LogP contribution in [0.25, 0.3) is 0 Å². The molecule has 0 aliphatic heterocycles. The lowest BCUT2D eigenvalue weighted by Gasteiger charge is -2.04. The van der Waals surface area contributed by atoms with Crippen molar-refractivity contribution in [1.29, 1.82) is 0 Å². The van der Waals surface area contributed by atoms with Crippen LogP contribution in [-0.2, 0) is 4.79 Å². The molecular formula is C14H16ClNO. The fourth-order valence-corrected chi connectivity index (χ4v) is 3.27. The molecule has 3 heteroatoms. The minimum Gasteiger partial charge on any atom is -0.326 e. The lowest BCUT2D eigenvalue weighted by atomic mass is 10.0. The van der Waals surface area contributed by atoms with Crippen molar-refractivity contribution in [2.45, 2.75) is 25.7 Å². The molecule has 0 aromatic heterocycles. The summed E-state index contributed by atoms with van der Waals surface area (Å²) in [6.45, 7) is 0. The van der Waals surface area contributed by atoms with Crippen LogP contribution in [-0.4, -0.2) is 5.91 Å². The van der Waals surface area contributed by atoms with Gasteiger partial charge in [-0.15, -0.1) is 0 Å². The van der Waals surface area contributed by atoms with Gasteiger partial charge in [0.2, 0.25) is 5.91 Å². The molecule has 1 unspecified atom stereocenters. The van der Waals surface area contributed by atoms with Crippen molar-refractivity contribution in [3.8, 4) is 0 Å². The summed E-state index contributed by atoms with van der Waals surface area (Å²) >= 11 is 5.81. The molecule has 2 fully saturated rings. The summed E-state index contributed by atoms with van der Waals surface area (Å²) in [5.74, 6) is 1.80. The molecule has 2 saturated carbocycles. The van der Waals surface area contributed by atoms with Gasteiger partial charge < -0.3 is 5.32 Å². The number of halogens is 1. The van der Waals surface area contributed by atoms with Gasteiger partial charge >= 0.3 is 0 Å². The minimum absolute atomic E-state index is 0.198. The van der Waals surface area contributed by atoms with Gasteiger partial charge in [-0.05, 0) is 48.9 Å². The molecule has 1 aromatic rings. The van der Waals surface area contributed by atoms with Crippen molar-refractivity contribution in [1.82, 2.24) is 0 Å². The van der Waals surface area contributed by atoms with Gasteiger partial charge in [-0.25, -0.2) is 0 Å². The van der Waals surface area contributed by atoms with Gasteiger partial charge in [0, 0.05) is 16.6 Å². The van der Waals surface area contributed by atoms with E-state index in [1.54, 1.807) is 12.1 Å². The monoisotopic (exact) mass is 249 g/mol. The number of rotatable bonds is 2. The number of nitrogens with one attached hydrogen (secondary N) is 1. The van der Waals surface area contributed by atoms with E-state index in [1.165, 1.54) is 25.7 Å². The Morgan fingerprint density at radius 3 is 2.29 bits per heavy atom. The molecule has 3 atom stereocenters. The number of amides is 1. The van der Waals surface area contributed by atoms with Crippen LogP contribution in [0.1, 0.15) is 25.7 Å². The molecule has 2 aliphatic carbocycles. The van der Waals surface area contributed by atoms with Crippen LogP contribution in [0.5, 0.6) is 0 Å². The van der Waals surface area contributed by atoms with Crippen LogP contribution in [0.3, 0.4) is 0 Å². The van der Waals surface area contributed by atoms with E-state index >= 15 is 0 Å².